The van der Waals surface area contributed by atoms with Gasteiger partial charge in [0.1, 0.15) is 17.3 Å². The fourth-order valence-electron chi connectivity index (χ4n) is 2.49. The summed E-state index contributed by atoms with van der Waals surface area (Å²) in [6.45, 7) is 0. The summed E-state index contributed by atoms with van der Waals surface area (Å²) < 4.78 is 26.9. The smallest absolute Gasteiger partial charge is 0.306 e. The van der Waals surface area contributed by atoms with Crippen molar-refractivity contribution in [2.45, 2.75) is 25.7 Å². The minimum absolute atomic E-state index is 0.206. The first-order valence-electron chi connectivity index (χ1n) is 6.46. The fourth-order valence-corrected chi connectivity index (χ4v) is 2.49. The zero-order chi connectivity index (χ0) is 14.7. The summed E-state index contributed by atoms with van der Waals surface area (Å²) in [7, 11) is 0. The molecule has 0 saturated heterocycles. The average molecular weight is 283 g/mol. The van der Waals surface area contributed by atoms with Crippen molar-refractivity contribution in [3.05, 3.63) is 29.8 Å². The Kier molecular flexibility index (Phi) is 4.32. The van der Waals surface area contributed by atoms with Crippen molar-refractivity contribution >= 4 is 17.6 Å². The predicted octanol–water partition coefficient (Wildman–Crippen LogP) is 2.79. The number of nitrogens with one attached hydrogen (secondary N) is 1. The van der Waals surface area contributed by atoms with Crippen LogP contribution < -0.4 is 5.32 Å². The van der Waals surface area contributed by atoms with Gasteiger partial charge in [0.25, 0.3) is 0 Å². The molecule has 1 fully saturated rings. The number of carbonyl (C=O) groups excluding carboxylic acids is 1. The topological polar surface area (TPSA) is 66.4 Å². The molecule has 2 atom stereocenters. The molecule has 1 aliphatic rings. The third-order valence-corrected chi connectivity index (χ3v) is 3.61. The van der Waals surface area contributed by atoms with E-state index in [2.05, 4.69) is 5.32 Å². The van der Waals surface area contributed by atoms with E-state index in [1.54, 1.807) is 0 Å². The predicted molar refractivity (Wildman–Crippen MR) is 68.1 cm³/mol. The number of benzene rings is 1. The van der Waals surface area contributed by atoms with Gasteiger partial charge in [-0.25, -0.2) is 8.78 Å². The highest BCUT2D eigenvalue weighted by atomic mass is 19.1. The molecule has 1 aromatic carbocycles. The lowest BCUT2D eigenvalue weighted by atomic mass is 9.81. The third-order valence-electron chi connectivity index (χ3n) is 3.61. The van der Waals surface area contributed by atoms with Gasteiger partial charge in [0.2, 0.25) is 5.91 Å². The highest BCUT2D eigenvalue weighted by Gasteiger charge is 2.31. The van der Waals surface area contributed by atoms with Crippen LogP contribution in [0, 0.1) is 23.5 Å². The second-order valence-corrected chi connectivity index (χ2v) is 4.98. The van der Waals surface area contributed by atoms with E-state index in [4.69, 9.17) is 5.11 Å². The van der Waals surface area contributed by atoms with E-state index in [1.165, 1.54) is 6.07 Å². The summed E-state index contributed by atoms with van der Waals surface area (Å²) in [6.07, 6.45) is 1.89. The minimum Gasteiger partial charge on any atom is -0.481 e. The number of carbonyl (C=O) groups is 2. The van der Waals surface area contributed by atoms with Crippen molar-refractivity contribution in [2.24, 2.45) is 11.8 Å². The molecular formula is C14H15F2NO3. The van der Waals surface area contributed by atoms with Gasteiger partial charge in [-0.15, -0.1) is 0 Å². The van der Waals surface area contributed by atoms with Crippen LogP contribution in [0.5, 0.6) is 0 Å². The molecule has 2 N–H and O–H groups in total. The van der Waals surface area contributed by atoms with Gasteiger partial charge in [-0.2, -0.15) is 0 Å². The van der Waals surface area contributed by atoms with Crippen LogP contribution >= 0.6 is 0 Å². The number of anilines is 1. The van der Waals surface area contributed by atoms with Gasteiger partial charge in [-0.1, -0.05) is 12.5 Å². The first kappa shape index (κ1) is 14.4. The zero-order valence-corrected chi connectivity index (χ0v) is 10.7. The number of halogens is 2. The first-order chi connectivity index (χ1) is 9.49. The Bertz CT molecular complexity index is 513. The molecule has 2 rings (SSSR count). The number of hydrogen-bond acceptors (Lipinski definition) is 2. The molecule has 0 heterocycles. The lowest BCUT2D eigenvalue weighted by molar-refractivity contribution is -0.143. The summed E-state index contributed by atoms with van der Waals surface area (Å²) in [6, 6.07) is 3.32. The van der Waals surface area contributed by atoms with Gasteiger partial charge >= 0.3 is 5.97 Å². The largest absolute Gasteiger partial charge is 0.481 e. The second kappa shape index (κ2) is 5.98. The van der Waals surface area contributed by atoms with Crippen molar-refractivity contribution in [1.82, 2.24) is 0 Å². The Hall–Kier alpha value is -1.98. The second-order valence-electron chi connectivity index (χ2n) is 4.98. The van der Waals surface area contributed by atoms with E-state index in [0.29, 0.717) is 19.3 Å². The Morgan fingerprint density at radius 2 is 1.75 bits per heavy atom. The monoisotopic (exact) mass is 283 g/mol. The maximum atomic E-state index is 13.4. The molecule has 1 amide bonds. The van der Waals surface area contributed by atoms with Crippen LogP contribution in [0.15, 0.2) is 18.2 Å². The van der Waals surface area contributed by atoms with Crippen molar-refractivity contribution in [2.75, 3.05) is 5.32 Å². The molecule has 0 spiro atoms. The van der Waals surface area contributed by atoms with Crippen LogP contribution in [0.2, 0.25) is 0 Å². The summed E-state index contributed by atoms with van der Waals surface area (Å²) in [5, 5.41) is 11.2. The fraction of sp³-hybridized carbons (Fsp3) is 0.429. The van der Waals surface area contributed by atoms with Crippen LogP contribution in [-0.4, -0.2) is 17.0 Å². The number of amides is 1. The van der Waals surface area contributed by atoms with Gasteiger partial charge in [0.15, 0.2) is 0 Å². The van der Waals surface area contributed by atoms with E-state index in [9.17, 15) is 18.4 Å². The lowest BCUT2D eigenvalue weighted by Crippen LogP contribution is -2.31. The van der Waals surface area contributed by atoms with Gasteiger partial charge in [0.05, 0.1) is 5.92 Å². The van der Waals surface area contributed by atoms with E-state index < -0.39 is 41.0 Å². The summed E-state index contributed by atoms with van der Waals surface area (Å²) >= 11 is 0. The van der Waals surface area contributed by atoms with E-state index in [-0.39, 0.29) is 6.42 Å². The van der Waals surface area contributed by atoms with Crippen LogP contribution in [0.4, 0.5) is 14.5 Å². The molecule has 2 unspecified atom stereocenters. The normalized spacial score (nSPS) is 22.3. The van der Waals surface area contributed by atoms with Gasteiger partial charge < -0.3 is 10.4 Å². The van der Waals surface area contributed by atoms with Crippen LogP contribution in [0.25, 0.3) is 0 Å². The Balaban J connectivity index is 2.06. The molecule has 6 heteroatoms. The molecule has 0 aliphatic heterocycles. The number of para-hydroxylation sites is 1. The molecule has 4 nitrogen and oxygen atoms in total. The molecule has 20 heavy (non-hydrogen) atoms. The summed E-state index contributed by atoms with van der Waals surface area (Å²) in [5.74, 6) is -4.23. The molecule has 1 aromatic rings. The van der Waals surface area contributed by atoms with Crippen molar-refractivity contribution in [3.63, 3.8) is 0 Å². The maximum Gasteiger partial charge on any atom is 0.306 e. The number of carboxylic acid groups (broad SMARTS) is 1. The van der Waals surface area contributed by atoms with Crippen LogP contribution in [-0.2, 0) is 9.59 Å². The van der Waals surface area contributed by atoms with Gasteiger partial charge in [0, 0.05) is 5.92 Å². The molecule has 0 radical (unpaired) electrons. The van der Waals surface area contributed by atoms with E-state index >= 15 is 0 Å². The van der Waals surface area contributed by atoms with Gasteiger partial charge in [-0.05, 0) is 31.4 Å². The number of rotatable bonds is 3. The van der Waals surface area contributed by atoms with Crippen molar-refractivity contribution in [1.29, 1.82) is 0 Å². The summed E-state index contributed by atoms with van der Waals surface area (Å²) in [5.41, 5.74) is -0.477. The highest BCUT2D eigenvalue weighted by molar-refractivity contribution is 5.93. The Labute approximate surface area is 114 Å². The molecule has 1 aliphatic carbocycles. The molecule has 0 aromatic heterocycles. The Morgan fingerprint density at radius 1 is 1.15 bits per heavy atom. The average Bonchev–Trinajstić information content (AvgIpc) is 2.43. The Morgan fingerprint density at radius 3 is 2.35 bits per heavy atom. The molecule has 1 saturated carbocycles. The maximum absolute atomic E-state index is 13.4. The van der Waals surface area contributed by atoms with E-state index in [0.717, 1.165) is 12.1 Å². The van der Waals surface area contributed by atoms with Crippen molar-refractivity contribution in [3.8, 4) is 0 Å². The SMILES string of the molecule is O=C(O)C1CCCC(C(=O)Nc2c(F)cccc2F)C1. The zero-order valence-electron chi connectivity index (χ0n) is 10.7. The first-order valence-corrected chi connectivity index (χ1v) is 6.46. The standard InChI is InChI=1S/C14H15F2NO3/c15-10-5-2-6-11(16)12(10)17-13(18)8-3-1-4-9(7-8)14(19)20/h2,5-6,8-9H,1,3-4,7H2,(H,17,18)(H,19,20). The molecule has 0 bridgehead atoms. The quantitative estimate of drug-likeness (QED) is 0.896. The van der Waals surface area contributed by atoms with Crippen LogP contribution in [0.1, 0.15) is 25.7 Å². The van der Waals surface area contributed by atoms with Crippen molar-refractivity contribution < 1.29 is 23.5 Å². The van der Waals surface area contributed by atoms with Gasteiger partial charge in [-0.3, -0.25) is 9.59 Å². The molecule has 108 valence electrons. The summed E-state index contributed by atoms with van der Waals surface area (Å²) in [4.78, 5) is 22.9. The highest BCUT2D eigenvalue weighted by Crippen LogP contribution is 2.30. The third kappa shape index (κ3) is 3.12. The number of aliphatic carboxylic acids is 1. The minimum atomic E-state index is -0.931. The molecular weight excluding hydrogens is 268 g/mol. The number of carboxylic acids is 1. The van der Waals surface area contributed by atoms with Crippen LogP contribution in [0.3, 0.4) is 0 Å². The number of hydrogen-bond donors (Lipinski definition) is 2. The van der Waals surface area contributed by atoms with E-state index in [1.807, 2.05) is 0 Å². The lowest BCUT2D eigenvalue weighted by Gasteiger charge is -2.25.